The molecule has 220 valence electrons. The number of nitriles is 1. The Balaban J connectivity index is 0.00000181. The van der Waals surface area contributed by atoms with Crippen molar-refractivity contribution in [3.05, 3.63) is 23.3 Å². The lowest BCUT2D eigenvalue weighted by atomic mass is 9.37. The number of amides is 1. The zero-order valence-electron chi connectivity index (χ0n) is 25.7. The number of aliphatic hydroxyl groups is 1. The van der Waals surface area contributed by atoms with Crippen LogP contribution in [0.5, 0.6) is 0 Å². The molecule has 0 aliphatic heterocycles. The Kier molecular flexibility index (Phi) is 7.38. The zero-order chi connectivity index (χ0) is 30.1. The summed E-state index contributed by atoms with van der Waals surface area (Å²) in [4.78, 5) is 41.1. The van der Waals surface area contributed by atoms with Gasteiger partial charge in [-0.25, -0.2) is 0 Å². The van der Waals surface area contributed by atoms with Crippen LogP contribution >= 0.6 is 0 Å². The van der Waals surface area contributed by atoms with Gasteiger partial charge >= 0.3 is 0 Å². The predicted octanol–water partition coefficient (Wildman–Crippen LogP) is 4.64. The summed E-state index contributed by atoms with van der Waals surface area (Å²) < 4.78 is 0. The largest absolute Gasteiger partial charge is 0.381 e. The molecule has 1 amide bonds. The first-order chi connectivity index (χ1) is 18.5. The maximum Gasteiger partial charge on any atom is 0.226 e. The Morgan fingerprint density at radius 3 is 2.25 bits per heavy atom. The fourth-order valence-electron chi connectivity index (χ4n) is 10.0. The second-order valence-electron chi connectivity index (χ2n) is 14.8. The third kappa shape index (κ3) is 3.85. The van der Waals surface area contributed by atoms with Crippen molar-refractivity contribution in [2.45, 2.75) is 99.0 Å². The number of carbonyl (C=O) groups is 3. The molecule has 5 aliphatic carbocycles. The third-order valence-corrected chi connectivity index (χ3v) is 12.0. The van der Waals surface area contributed by atoms with Gasteiger partial charge in [0, 0.05) is 29.2 Å². The normalized spacial score (nSPS) is 42.7. The molecule has 0 heterocycles. The molecule has 0 bridgehead atoms. The van der Waals surface area contributed by atoms with E-state index in [4.69, 9.17) is 0 Å². The number of nitrogens with two attached hydrogens (primary N) is 1. The lowest BCUT2D eigenvalue weighted by molar-refractivity contribution is -0.210. The molecule has 7 nitrogen and oxygen atoms in total. The molecule has 7 heteroatoms. The Morgan fingerprint density at radius 1 is 1.02 bits per heavy atom. The number of allylic oxidation sites excluding steroid dienone is 3. The number of carbonyl (C=O) groups excluding carboxylic acids is 3. The Labute approximate surface area is 240 Å². The molecule has 5 rings (SSSR count). The minimum Gasteiger partial charge on any atom is -0.381 e. The number of ketones is 2. The molecule has 3 saturated carbocycles. The molecule has 0 aromatic heterocycles. The fraction of sp³-hybridized carbons (Fsp3) is 0.758. The van der Waals surface area contributed by atoms with Crippen molar-refractivity contribution in [3.8, 4) is 6.07 Å². The summed E-state index contributed by atoms with van der Waals surface area (Å²) in [6, 6.07) is 2.13. The zero-order valence-corrected chi connectivity index (χ0v) is 25.7. The van der Waals surface area contributed by atoms with Gasteiger partial charge in [0.05, 0.1) is 11.0 Å². The van der Waals surface area contributed by atoms with Crippen molar-refractivity contribution in [2.24, 2.45) is 50.6 Å². The topological polar surface area (TPSA) is 133 Å². The summed E-state index contributed by atoms with van der Waals surface area (Å²) in [6.07, 6.45) is 8.48. The number of rotatable bonds is 2. The van der Waals surface area contributed by atoms with Gasteiger partial charge in [-0.15, -0.1) is 0 Å². The Hall–Kier alpha value is -2.30. The van der Waals surface area contributed by atoms with Gasteiger partial charge in [-0.2, -0.15) is 5.26 Å². The second kappa shape index (κ2) is 9.63. The first kappa shape index (κ1) is 30.7. The van der Waals surface area contributed by atoms with E-state index in [0.29, 0.717) is 32.2 Å². The van der Waals surface area contributed by atoms with Gasteiger partial charge in [0.15, 0.2) is 11.6 Å². The van der Waals surface area contributed by atoms with Crippen LogP contribution in [0.15, 0.2) is 23.3 Å². The summed E-state index contributed by atoms with van der Waals surface area (Å²) in [5, 5.41) is 25.6. The maximum atomic E-state index is 14.3. The summed E-state index contributed by atoms with van der Waals surface area (Å²) in [5.74, 6) is -1.25. The predicted molar refractivity (Wildman–Crippen MR) is 155 cm³/mol. The van der Waals surface area contributed by atoms with E-state index >= 15 is 0 Å². The van der Waals surface area contributed by atoms with Crippen LogP contribution in [-0.4, -0.2) is 41.8 Å². The van der Waals surface area contributed by atoms with Gasteiger partial charge in [-0.05, 0) is 81.7 Å². The molecule has 0 radical (unpaired) electrons. The van der Waals surface area contributed by atoms with E-state index < -0.39 is 33.2 Å². The van der Waals surface area contributed by atoms with Gasteiger partial charge in [0.2, 0.25) is 5.91 Å². The van der Waals surface area contributed by atoms with E-state index in [-0.39, 0.29) is 40.3 Å². The summed E-state index contributed by atoms with van der Waals surface area (Å²) in [7, 11) is 1.50. The highest BCUT2D eigenvalue weighted by atomic mass is 16.3. The van der Waals surface area contributed by atoms with E-state index in [1.54, 1.807) is 6.08 Å². The SMILES string of the molecule is CCNC(=O)C12CCC3C4(C)CCC5C(C)(C)C(=O)C(C#N)=CC5(C)C4=CC(=O)C3(O)C1CC(C)(C)CC2.CN. The molecule has 0 spiro atoms. The highest BCUT2D eigenvalue weighted by molar-refractivity contribution is 6.05. The first-order valence-corrected chi connectivity index (χ1v) is 15.1. The van der Waals surface area contributed by atoms with E-state index in [0.717, 1.165) is 24.8 Å². The third-order valence-electron chi connectivity index (χ3n) is 12.0. The number of hydrogen-bond donors (Lipinski definition) is 3. The monoisotopic (exact) mass is 551 g/mol. The van der Waals surface area contributed by atoms with Crippen molar-refractivity contribution in [3.63, 3.8) is 0 Å². The molecule has 0 saturated heterocycles. The fourth-order valence-corrected chi connectivity index (χ4v) is 10.0. The Bertz CT molecular complexity index is 1220. The molecule has 7 atom stereocenters. The molecule has 0 aromatic rings. The van der Waals surface area contributed by atoms with Gasteiger partial charge in [-0.3, -0.25) is 14.4 Å². The van der Waals surface area contributed by atoms with Gasteiger partial charge < -0.3 is 16.2 Å². The van der Waals surface area contributed by atoms with Gasteiger partial charge in [0.1, 0.15) is 11.7 Å². The molecular formula is C33H49N3O4. The lowest BCUT2D eigenvalue weighted by Gasteiger charge is -2.67. The van der Waals surface area contributed by atoms with Crippen LogP contribution in [0.25, 0.3) is 0 Å². The number of nitrogens with one attached hydrogen (secondary N) is 1. The van der Waals surface area contributed by atoms with Crippen molar-refractivity contribution >= 4 is 17.5 Å². The summed E-state index contributed by atoms with van der Waals surface area (Å²) >= 11 is 0. The average molecular weight is 552 g/mol. The van der Waals surface area contributed by atoms with Crippen LogP contribution in [0.2, 0.25) is 0 Å². The minimum absolute atomic E-state index is 0.0232. The van der Waals surface area contributed by atoms with Crippen molar-refractivity contribution in [1.82, 2.24) is 5.32 Å². The van der Waals surface area contributed by atoms with Crippen LogP contribution < -0.4 is 11.1 Å². The van der Waals surface area contributed by atoms with Crippen LogP contribution in [0.3, 0.4) is 0 Å². The van der Waals surface area contributed by atoms with Crippen molar-refractivity contribution in [1.29, 1.82) is 5.26 Å². The number of Topliss-reactive ketones (excluding diaryl/α,β-unsaturated/α-hetero) is 1. The van der Waals surface area contributed by atoms with Gasteiger partial charge in [-0.1, -0.05) is 53.2 Å². The Morgan fingerprint density at radius 2 is 1.65 bits per heavy atom. The summed E-state index contributed by atoms with van der Waals surface area (Å²) in [5.41, 5.74) is 1.34. The van der Waals surface area contributed by atoms with Crippen LogP contribution in [-0.2, 0) is 14.4 Å². The molecule has 7 unspecified atom stereocenters. The summed E-state index contributed by atoms with van der Waals surface area (Å²) in [6.45, 7) is 14.9. The standard InChI is InChI=1S/C32H44N2O4.CH5N/c1-8-34-26(37)31-12-10-21-29(6)11-9-20-28(4,5)25(36)19(18-33)16-30(20,7)22(29)15-24(35)32(21,38)23(31)17-27(2,3)13-14-31;1-2/h15-16,20-21,23,38H,8-14,17H2,1-7H3,(H,34,37);2H2,1H3. The van der Waals surface area contributed by atoms with Crippen LogP contribution in [0, 0.1) is 56.2 Å². The number of hydrogen-bond acceptors (Lipinski definition) is 6. The lowest BCUT2D eigenvalue weighted by Crippen LogP contribution is -2.71. The second-order valence-corrected chi connectivity index (χ2v) is 14.8. The van der Waals surface area contributed by atoms with E-state index in [1.807, 2.05) is 26.8 Å². The molecule has 4 N–H and O–H groups in total. The van der Waals surface area contributed by atoms with E-state index in [1.165, 1.54) is 7.05 Å². The smallest absolute Gasteiger partial charge is 0.226 e. The molecule has 0 aromatic carbocycles. The molecule has 3 fully saturated rings. The highest BCUT2D eigenvalue weighted by Crippen LogP contribution is 2.71. The highest BCUT2D eigenvalue weighted by Gasteiger charge is 2.72. The average Bonchev–Trinajstić information content (AvgIpc) is 2.89. The quantitative estimate of drug-likeness (QED) is 0.458. The first-order valence-electron chi connectivity index (χ1n) is 15.1. The minimum atomic E-state index is -1.62. The van der Waals surface area contributed by atoms with Crippen molar-refractivity contribution in [2.75, 3.05) is 13.6 Å². The van der Waals surface area contributed by atoms with Crippen molar-refractivity contribution < 1.29 is 19.5 Å². The number of fused-ring (bicyclic) bond motifs is 7. The maximum absolute atomic E-state index is 14.3. The van der Waals surface area contributed by atoms with Gasteiger partial charge in [0.25, 0.3) is 0 Å². The van der Waals surface area contributed by atoms with E-state index in [2.05, 4.69) is 44.8 Å². The molecular weight excluding hydrogens is 502 g/mol. The molecule has 5 aliphatic rings. The van der Waals surface area contributed by atoms with Crippen LogP contribution in [0.4, 0.5) is 0 Å². The van der Waals surface area contributed by atoms with E-state index in [9.17, 15) is 24.8 Å². The van der Waals surface area contributed by atoms with Crippen LogP contribution in [0.1, 0.15) is 93.4 Å². The molecule has 40 heavy (non-hydrogen) atoms. The number of nitrogens with zero attached hydrogens (tertiary/aromatic N) is 1.